The quantitative estimate of drug-likeness (QED) is 0.944. The molecule has 0 aromatic carbocycles. The summed E-state index contributed by atoms with van der Waals surface area (Å²) in [7, 11) is 1.54. The second kappa shape index (κ2) is 5.41. The molecule has 2 heterocycles. The van der Waals surface area contributed by atoms with Crippen molar-refractivity contribution in [2.24, 2.45) is 7.05 Å². The number of carbonyl (C=O) groups is 1. The van der Waals surface area contributed by atoms with Crippen LogP contribution in [0, 0.1) is 0 Å². The lowest BCUT2D eigenvalue weighted by Crippen LogP contribution is -2.16. The van der Waals surface area contributed by atoms with E-state index in [9.17, 15) is 18.0 Å². The monoisotopic (exact) mass is 324 g/mol. The van der Waals surface area contributed by atoms with Gasteiger partial charge in [-0.15, -0.1) is 11.3 Å². The van der Waals surface area contributed by atoms with Crippen LogP contribution in [0.5, 0.6) is 0 Å². The predicted molar refractivity (Wildman–Crippen MR) is 68.0 cm³/mol. The number of nitrogens with one attached hydrogen (secondary N) is 1. The average Bonchev–Trinajstić information content (AvgIpc) is 2.86. The van der Waals surface area contributed by atoms with Crippen molar-refractivity contribution in [3.8, 4) is 0 Å². The van der Waals surface area contributed by atoms with Gasteiger partial charge in [-0.05, 0) is 11.6 Å². The van der Waals surface area contributed by atoms with E-state index in [1.807, 2.05) is 0 Å². The van der Waals surface area contributed by atoms with Crippen LogP contribution in [0.4, 0.5) is 18.3 Å². The Morgan fingerprint density at radius 1 is 1.55 bits per heavy atom. The highest BCUT2D eigenvalue weighted by molar-refractivity contribution is 7.13. The van der Waals surface area contributed by atoms with Gasteiger partial charge in [0, 0.05) is 12.4 Å². The molecular weight excluding hydrogens is 317 g/mol. The molecular formula is C10H8ClF3N4OS. The number of thiazole rings is 1. The molecule has 0 saturated heterocycles. The molecule has 0 bridgehead atoms. The molecule has 20 heavy (non-hydrogen) atoms. The molecule has 2 aromatic heterocycles. The molecule has 2 aromatic rings. The smallest absolute Gasteiger partial charge is 0.314 e. The Kier molecular flexibility index (Phi) is 4.00. The molecule has 1 N–H and O–H groups in total. The summed E-state index contributed by atoms with van der Waals surface area (Å²) in [6.45, 7) is 0. The summed E-state index contributed by atoms with van der Waals surface area (Å²) in [5.74, 6) is -0.542. The summed E-state index contributed by atoms with van der Waals surface area (Å²) in [6, 6.07) is 0. The van der Waals surface area contributed by atoms with Gasteiger partial charge < -0.3 is 4.57 Å². The summed E-state index contributed by atoms with van der Waals surface area (Å²) in [5.41, 5.74) is 0.0448. The first-order chi connectivity index (χ1) is 9.26. The van der Waals surface area contributed by atoms with E-state index >= 15 is 0 Å². The maximum Gasteiger partial charge on any atom is 0.394 e. The first-order valence-corrected chi connectivity index (χ1v) is 6.52. The number of aromatic nitrogens is 3. The molecule has 0 aliphatic heterocycles. The van der Waals surface area contributed by atoms with E-state index in [-0.39, 0.29) is 21.8 Å². The Labute approximate surface area is 120 Å². The van der Waals surface area contributed by atoms with Crippen LogP contribution in [-0.4, -0.2) is 26.6 Å². The Morgan fingerprint density at radius 2 is 2.25 bits per heavy atom. The SMILES string of the molecule is Cn1c(C(=O)Nc2nc(CC(F)(F)F)cs2)cnc1Cl. The lowest BCUT2D eigenvalue weighted by molar-refractivity contribution is -0.127. The molecule has 0 saturated carbocycles. The van der Waals surface area contributed by atoms with Gasteiger partial charge in [-0.1, -0.05) is 0 Å². The van der Waals surface area contributed by atoms with Crippen molar-refractivity contribution in [3.05, 3.63) is 28.2 Å². The van der Waals surface area contributed by atoms with Gasteiger partial charge in [-0.25, -0.2) is 9.97 Å². The van der Waals surface area contributed by atoms with Crippen molar-refractivity contribution in [1.29, 1.82) is 0 Å². The fraction of sp³-hybridized carbons (Fsp3) is 0.300. The molecule has 0 atom stereocenters. The van der Waals surface area contributed by atoms with E-state index in [2.05, 4.69) is 15.3 Å². The molecule has 0 spiro atoms. The highest BCUT2D eigenvalue weighted by Crippen LogP contribution is 2.24. The minimum atomic E-state index is -4.33. The number of hydrogen-bond donors (Lipinski definition) is 1. The normalized spacial score (nSPS) is 11.7. The third-order valence-corrected chi connectivity index (χ3v) is 3.48. The lowest BCUT2D eigenvalue weighted by Gasteiger charge is -2.03. The second-order valence-corrected chi connectivity index (χ2v) is 5.06. The lowest BCUT2D eigenvalue weighted by atomic mass is 10.3. The number of nitrogens with zero attached hydrogens (tertiary/aromatic N) is 3. The molecule has 10 heteroatoms. The molecule has 0 aliphatic rings. The molecule has 1 amide bonds. The number of amides is 1. The van der Waals surface area contributed by atoms with Gasteiger partial charge in [0.15, 0.2) is 5.13 Å². The van der Waals surface area contributed by atoms with Crippen molar-refractivity contribution in [3.63, 3.8) is 0 Å². The van der Waals surface area contributed by atoms with Crippen LogP contribution in [-0.2, 0) is 13.5 Å². The van der Waals surface area contributed by atoms with Crippen LogP contribution in [0.1, 0.15) is 16.2 Å². The number of anilines is 1. The number of imidazole rings is 1. The Balaban J connectivity index is 2.07. The van der Waals surface area contributed by atoms with Gasteiger partial charge in [-0.2, -0.15) is 13.2 Å². The number of rotatable bonds is 3. The fourth-order valence-corrected chi connectivity index (χ4v) is 2.26. The van der Waals surface area contributed by atoms with Crippen LogP contribution in [0.25, 0.3) is 0 Å². The fourth-order valence-electron chi connectivity index (χ4n) is 1.41. The van der Waals surface area contributed by atoms with Crippen molar-refractivity contribution < 1.29 is 18.0 Å². The third kappa shape index (κ3) is 3.48. The first-order valence-electron chi connectivity index (χ1n) is 5.26. The number of halogens is 4. The van der Waals surface area contributed by atoms with Crippen LogP contribution in [0.15, 0.2) is 11.6 Å². The van der Waals surface area contributed by atoms with E-state index in [1.54, 1.807) is 7.05 Å². The van der Waals surface area contributed by atoms with Crippen LogP contribution in [0.3, 0.4) is 0 Å². The number of carbonyl (C=O) groups excluding carboxylic acids is 1. The summed E-state index contributed by atoms with van der Waals surface area (Å²) >= 11 is 6.61. The van der Waals surface area contributed by atoms with E-state index in [4.69, 9.17) is 11.6 Å². The summed E-state index contributed by atoms with van der Waals surface area (Å²) < 4.78 is 37.9. The third-order valence-electron chi connectivity index (χ3n) is 2.32. The van der Waals surface area contributed by atoms with Crippen molar-refractivity contribution in [1.82, 2.24) is 14.5 Å². The molecule has 0 radical (unpaired) electrons. The second-order valence-electron chi connectivity index (χ2n) is 3.86. The molecule has 108 valence electrons. The maximum absolute atomic E-state index is 12.2. The van der Waals surface area contributed by atoms with Gasteiger partial charge in [0.1, 0.15) is 5.69 Å². The highest BCUT2D eigenvalue weighted by Gasteiger charge is 2.29. The van der Waals surface area contributed by atoms with Gasteiger partial charge in [0.25, 0.3) is 5.91 Å². The van der Waals surface area contributed by atoms with Crippen molar-refractivity contribution >= 4 is 34.0 Å². The first kappa shape index (κ1) is 14.8. The number of alkyl halides is 3. The van der Waals surface area contributed by atoms with Crippen molar-refractivity contribution in [2.45, 2.75) is 12.6 Å². The maximum atomic E-state index is 12.2. The zero-order chi connectivity index (χ0) is 14.9. The molecule has 5 nitrogen and oxygen atoms in total. The van der Waals surface area contributed by atoms with Gasteiger partial charge in [0.2, 0.25) is 5.28 Å². The Morgan fingerprint density at radius 3 is 2.80 bits per heavy atom. The predicted octanol–water partition coefficient (Wildman–Crippen LogP) is 2.89. The Hall–Kier alpha value is -1.61. The largest absolute Gasteiger partial charge is 0.394 e. The zero-order valence-corrected chi connectivity index (χ0v) is 11.6. The molecule has 2 rings (SSSR count). The number of hydrogen-bond acceptors (Lipinski definition) is 4. The standard InChI is InChI=1S/C10H8ClF3N4OS/c1-18-6(3-15-8(18)11)7(19)17-9-16-5(4-20-9)2-10(12,13)14/h3-4H,2H2,1H3,(H,16,17,19). The van der Waals surface area contributed by atoms with Gasteiger partial charge in [0.05, 0.1) is 18.3 Å². The van der Waals surface area contributed by atoms with Crippen molar-refractivity contribution in [2.75, 3.05) is 5.32 Å². The molecule has 0 unspecified atom stereocenters. The van der Waals surface area contributed by atoms with Crippen LogP contribution in [0.2, 0.25) is 5.28 Å². The minimum Gasteiger partial charge on any atom is -0.314 e. The average molecular weight is 325 g/mol. The topological polar surface area (TPSA) is 59.8 Å². The Bertz CT molecular complexity index is 637. The van der Waals surface area contributed by atoms with Gasteiger partial charge in [-0.3, -0.25) is 10.1 Å². The zero-order valence-electron chi connectivity index (χ0n) is 10.0. The minimum absolute atomic E-state index is 0.0894. The van der Waals surface area contributed by atoms with Gasteiger partial charge >= 0.3 is 6.18 Å². The van der Waals surface area contributed by atoms with Crippen LogP contribution >= 0.6 is 22.9 Å². The van der Waals surface area contributed by atoms with E-state index in [0.717, 1.165) is 11.3 Å². The molecule has 0 aliphatic carbocycles. The van der Waals surface area contributed by atoms with E-state index in [1.165, 1.54) is 16.1 Å². The van der Waals surface area contributed by atoms with Crippen LogP contribution < -0.4 is 5.32 Å². The van der Waals surface area contributed by atoms with E-state index in [0.29, 0.717) is 0 Å². The molecule has 0 fully saturated rings. The highest BCUT2D eigenvalue weighted by atomic mass is 35.5. The van der Waals surface area contributed by atoms with E-state index < -0.39 is 18.5 Å². The summed E-state index contributed by atoms with van der Waals surface area (Å²) in [6.07, 6.45) is -4.19. The summed E-state index contributed by atoms with van der Waals surface area (Å²) in [5, 5.41) is 3.87. The summed E-state index contributed by atoms with van der Waals surface area (Å²) in [4.78, 5) is 19.3.